The van der Waals surface area contributed by atoms with Crippen LogP contribution in [0.3, 0.4) is 0 Å². The maximum absolute atomic E-state index is 12.8. The summed E-state index contributed by atoms with van der Waals surface area (Å²) in [5.74, 6) is -1.58. The minimum absolute atomic E-state index is 0.373. The number of aryl methyl sites for hydroxylation is 1. The van der Waals surface area contributed by atoms with Gasteiger partial charge in [0, 0.05) is 10.4 Å². The number of carboxylic acids is 1. The van der Waals surface area contributed by atoms with Crippen molar-refractivity contribution in [3.05, 3.63) is 40.4 Å². The van der Waals surface area contributed by atoms with Gasteiger partial charge in [-0.15, -0.1) is 11.3 Å². The maximum Gasteiger partial charge on any atom is 0.416 e. The number of nitrogens with zero attached hydrogens (tertiary/aromatic N) is 1. The number of carboxylic acid groups (broad SMARTS) is 1. The van der Waals surface area contributed by atoms with E-state index in [1.807, 2.05) is 0 Å². The summed E-state index contributed by atoms with van der Waals surface area (Å²) in [7, 11) is 0. The van der Waals surface area contributed by atoms with Gasteiger partial charge < -0.3 is 5.11 Å². The summed E-state index contributed by atoms with van der Waals surface area (Å²) >= 11 is 1.29. The molecular formula is C15H12F3NO2S. The van der Waals surface area contributed by atoms with Crippen molar-refractivity contribution < 1.29 is 23.1 Å². The molecule has 0 fully saturated rings. The Labute approximate surface area is 128 Å². The molecule has 0 saturated heterocycles. The molecule has 1 aromatic heterocycles. The fraction of sp³-hybridized carbons (Fsp3) is 0.333. The van der Waals surface area contributed by atoms with Crippen molar-refractivity contribution in [2.24, 2.45) is 0 Å². The van der Waals surface area contributed by atoms with Crippen LogP contribution in [0.2, 0.25) is 0 Å². The predicted octanol–water partition coefficient (Wildman–Crippen LogP) is 4.33. The lowest BCUT2D eigenvalue weighted by Gasteiger charge is -2.16. The number of hydrogen-bond donors (Lipinski definition) is 1. The number of fused-ring (bicyclic) bond motifs is 1. The van der Waals surface area contributed by atoms with Crippen LogP contribution in [0.5, 0.6) is 0 Å². The second-order valence-electron chi connectivity index (χ2n) is 5.19. The number of alkyl halides is 3. The SMILES string of the molecule is O=C(O)C1CCCc2sc(-c3cccc(C(F)(F)F)c3)nc21. The number of hydrogen-bond acceptors (Lipinski definition) is 3. The van der Waals surface area contributed by atoms with E-state index in [9.17, 15) is 23.1 Å². The van der Waals surface area contributed by atoms with Gasteiger partial charge in [0.25, 0.3) is 0 Å². The highest BCUT2D eigenvalue weighted by Gasteiger charge is 2.32. The summed E-state index contributed by atoms with van der Waals surface area (Å²) in [6, 6.07) is 4.97. The van der Waals surface area contributed by atoms with Gasteiger partial charge in [0.1, 0.15) is 5.01 Å². The minimum Gasteiger partial charge on any atom is -0.481 e. The van der Waals surface area contributed by atoms with Crippen LogP contribution in [-0.2, 0) is 17.4 Å². The van der Waals surface area contributed by atoms with E-state index >= 15 is 0 Å². The van der Waals surface area contributed by atoms with E-state index < -0.39 is 23.6 Å². The fourth-order valence-electron chi connectivity index (χ4n) is 2.61. The Morgan fingerprint density at radius 2 is 2.14 bits per heavy atom. The topological polar surface area (TPSA) is 50.2 Å². The molecule has 0 spiro atoms. The molecule has 1 aliphatic rings. The first kappa shape index (κ1) is 15.0. The Hall–Kier alpha value is -1.89. The molecule has 3 rings (SSSR count). The zero-order valence-electron chi connectivity index (χ0n) is 11.4. The van der Waals surface area contributed by atoms with Gasteiger partial charge in [-0.2, -0.15) is 13.2 Å². The smallest absolute Gasteiger partial charge is 0.416 e. The fourth-order valence-corrected chi connectivity index (χ4v) is 3.77. The van der Waals surface area contributed by atoms with Crippen LogP contribution in [0.1, 0.15) is 34.9 Å². The molecule has 22 heavy (non-hydrogen) atoms. The summed E-state index contributed by atoms with van der Waals surface area (Å²) in [5, 5.41) is 9.68. The van der Waals surface area contributed by atoms with Crippen LogP contribution in [0, 0.1) is 0 Å². The third-order valence-electron chi connectivity index (χ3n) is 3.69. The van der Waals surface area contributed by atoms with Crippen LogP contribution in [0.15, 0.2) is 24.3 Å². The number of thiazole rings is 1. The van der Waals surface area contributed by atoms with Gasteiger partial charge in [-0.3, -0.25) is 4.79 Å². The number of aromatic nitrogens is 1. The summed E-state index contributed by atoms with van der Waals surface area (Å²) in [6.45, 7) is 0. The number of halogens is 3. The van der Waals surface area contributed by atoms with Crippen molar-refractivity contribution in [3.8, 4) is 10.6 Å². The molecule has 1 N–H and O–H groups in total. The zero-order valence-corrected chi connectivity index (χ0v) is 12.2. The standard InChI is InChI=1S/C15H12F3NO2S/c16-15(17,18)9-4-1-3-8(7-9)13-19-12-10(14(20)21)5-2-6-11(12)22-13/h1,3-4,7,10H,2,5-6H2,(H,20,21). The average Bonchev–Trinajstić information content (AvgIpc) is 2.90. The van der Waals surface area contributed by atoms with E-state index in [2.05, 4.69) is 4.98 Å². The molecule has 116 valence electrons. The van der Waals surface area contributed by atoms with Gasteiger partial charge in [-0.1, -0.05) is 12.1 Å². The molecule has 0 amide bonds. The molecule has 0 bridgehead atoms. The molecule has 1 heterocycles. The molecule has 7 heteroatoms. The van der Waals surface area contributed by atoms with Gasteiger partial charge in [0.2, 0.25) is 0 Å². The van der Waals surface area contributed by atoms with Crippen LogP contribution in [0.25, 0.3) is 10.6 Å². The molecule has 0 aliphatic heterocycles. The predicted molar refractivity (Wildman–Crippen MR) is 75.9 cm³/mol. The lowest BCUT2D eigenvalue weighted by molar-refractivity contribution is -0.139. The van der Waals surface area contributed by atoms with Gasteiger partial charge in [-0.25, -0.2) is 4.98 Å². The molecular weight excluding hydrogens is 315 g/mol. The summed E-state index contributed by atoms with van der Waals surface area (Å²) in [5.41, 5.74) is 0.155. The molecule has 1 aromatic carbocycles. The van der Waals surface area contributed by atoms with Crippen molar-refractivity contribution >= 4 is 17.3 Å². The largest absolute Gasteiger partial charge is 0.481 e. The first-order chi connectivity index (χ1) is 10.4. The molecule has 1 aliphatic carbocycles. The lowest BCUT2D eigenvalue weighted by atomic mass is 9.91. The minimum atomic E-state index is -4.41. The monoisotopic (exact) mass is 327 g/mol. The Morgan fingerprint density at radius 3 is 2.82 bits per heavy atom. The van der Waals surface area contributed by atoms with Crippen LogP contribution < -0.4 is 0 Å². The van der Waals surface area contributed by atoms with Gasteiger partial charge >= 0.3 is 12.1 Å². The Balaban J connectivity index is 2.02. The van der Waals surface area contributed by atoms with Crippen LogP contribution >= 0.6 is 11.3 Å². The first-order valence-electron chi connectivity index (χ1n) is 6.76. The Kier molecular flexibility index (Phi) is 3.68. The van der Waals surface area contributed by atoms with Gasteiger partial charge in [-0.05, 0) is 31.4 Å². The highest BCUT2D eigenvalue weighted by Crippen LogP contribution is 2.39. The molecule has 1 atom stereocenters. The second-order valence-corrected chi connectivity index (χ2v) is 6.27. The van der Waals surface area contributed by atoms with E-state index in [1.54, 1.807) is 6.07 Å². The number of carbonyl (C=O) groups is 1. The molecule has 0 radical (unpaired) electrons. The van der Waals surface area contributed by atoms with Crippen molar-refractivity contribution in [2.75, 3.05) is 0 Å². The highest BCUT2D eigenvalue weighted by atomic mass is 32.1. The normalized spacial score (nSPS) is 18.0. The average molecular weight is 327 g/mol. The Morgan fingerprint density at radius 1 is 1.36 bits per heavy atom. The molecule has 1 unspecified atom stereocenters. The lowest BCUT2D eigenvalue weighted by Crippen LogP contribution is -2.17. The van der Waals surface area contributed by atoms with Crippen LogP contribution in [0.4, 0.5) is 13.2 Å². The third-order valence-corrected chi connectivity index (χ3v) is 4.87. The van der Waals surface area contributed by atoms with E-state index in [0.29, 0.717) is 22.7 Å². The molecule has 0 saturated carbocycles. The van der Waals surface area contributed by atoms with Crippen LogP contribution in [-0.4, -0.2) is 16.1 Å². The van der Waals surface area contributed by atoms with Crippen molar-refractivity contribution in [2.45, 2.75) is 31.4 Å². The van der Waals surface area contributed by atoms with Crippen molar-refractivity contribution in [3.63, 3.8) is 0 Å². The van der Waals surface area contributed by atoms with E-state index in [4.69, 9.17) is 0 Å². The maximum atomic E-state index is 12.8. The zero-order chi connectivity index (χ0) is 15.9. The summed E-state index contributed by atoms with van der Waals surface area (Å²) in [6.07, 6.45) is -2.39. The van der Waals surface area contributed by atoms with E-state index in [-0.39, 0.29) is 0 Å². The number of aliphatic carboxylic acids is 1. The van der Waals surface area contributed by atoms with Crippen molar-refractivity contribution in [1.82, 2.24) is 4.98 Å². The second kappa shape index (κ2) is 5.39. The molecule has 2 aromatic rings. The summed E-state index contributed by atoms with van der Waals surface area (Å²) in [4.78, 5) is 16.4. The first-order valence-corrected chi connectivity index (χ1v) is 7.58. The number of rotatable bonds is 2. The van der Waals surface area contributed by atoms with E-state index in [0.717, 1.165) is 29.9 Å². The number of benzene rings is 1. The highest BCUT2D eigenvalue weighted by molar-refractivity contribution is 7.15. The van der Waals surface area contributed by atoms with Crippen molar-refractivity contribution in [1.29, 1.82) is 0 Å². The molecule has 3 nitrogen and oxygen atoms in total. The quantitative estimate of drug-likeness (QED) is 0.893. The van der Waals surface area contributed by atoms with E-state index in [1.165, 1.54) is 17.4 Å². The van der Waals surface area contributed by atoms with Gasteiger partial charge in [0.05, 0.1) is 17.2 Å². The van der Waals surface area contributed by atoms with Gasteiger partial charge in [0.15, 0.2) is 0 Å². The third kappa shape index (κ3) is 2.72. The summed E-state index contributed by atoms with van der Waals surface area (Å²) < 4.78 is 38.4. The Bertz CT molecular complexity index is 724.